The molecule has 3 rings (SSSR count). The van der Waals surface area contributed by atoms with Crippen molar-refractivity contribution in [2.45, 2.75) is 12.5 Å². The first-order valence-corrected chi connectivity index (χ1v) is 7.55. The molecule has 0 spiro atoms. The molecule has 114 valence electrons. The number of thiophene rings is 1. The van der Waals surface area contributed by atoms with E-state index in [0.29, 0.717) is 11.6 Å². The second-order valence-corrected chi connectivity index (χ2v) is 5.96. The highest BCUT2D eigenvalue weighted by Crippen LogP contribution is 2.24. The van der Waals surface area contributed by atoms with Crippen LogP contribution in [0, 0.1) is 0 Å². The van der Waals surface area contributed by atoms with E-state index in [-0.39, 0.29) is 6.54 Å². The summed E-state index contributed by atoms with van der Waals surface area (Å²) < 4.78 is 1.66. The number of amides is 2. The van der Waals surface area contributed by atoms with Gasteiger partial charge in [0.1, 0.15) is 5.60 Å². The van der Waals surface area contributed by atoms with Gasteiger partial charge in [0.25, 0.3) is 0 Å². The molecular formula is C14H15N5O2S. The summed E-state index contributed by atoms with van der Waals surface area (Å²) in [5.74, 6) is 0.323. The van der Waals surface area contributed by atoms with Crippen LogP contribution in [0.1, 0.15) is 11.8 Å². The number of rotatable bonds is 4. The Bertz CT molecular complexity index is 781. The van der Waals surface area contributed by atoms with E-state index in [1.807, 2.05) is 29.6 Å². The van der Waals surface area contributed by atoms with Crippen LogP contribution in [0.25, 0.3) is 5.65 Å². The molecule has 1 unspecified atom stereocenters. The molecule has 7 nitrogen and oxygen atoms in total. The smallest absolute Gasteiger partial charge is 0.321 e. The number of pyridine rings is 1. The Kier molecular flexibility index (Phi) is 3.78. The molecule has 0 radical (unpaired) electrons. The molecule has 0 fully saturated rings. The highest BCUT2D eigenvalue weighted by atomic mass is 32.1. The molecule has 3 aromatic heterocycles. The van der Waals surface area contributed by atoms with E-state index in [0.717, 1.165) is 4.88 Å². The van der Waals surface area contributed by atoms with E-state index < -0.39 is 11.6 Å². The SMILES string of the molecule is CC(O)(CNC(=O)Nc1nnc2ccccn12)c1cccs1. The number of aromatic nitrogens is 3. The maximum Gasteiger partial charge on any atom is 0.321 e. The first-order valence-electron chi connectivity index (χ1n) is 6.67. The Morgan fingerprint density at radius 2 is 2.23 bits per heavy atom. The predicted octanol–water partition coefficient (Wildman–Crippen LogP) is 1.82. The standard InChI is InChI=1S/C14H15N5O2S/c1-14(21,10-5-4-8-22-10)9-15-13(20)16-12-18-17-11-6-2-3-7-19(11)12/h2-8,21H,9H2,1H3,(H2,15,16,18,20). The summed E-state index contributed by atoms with van der Waals surface area (Å²) in [5, 5.41) is 25.3. The number of fused-ring (bicyclic) bond motifs is 1. The number of urea groups is 1. The van der Waals surface area contributed by atoms with Crippen molar-refractivity contribution in [3.05, 3.63) is 46.8 Å². The Morgan fingerprint density at radius 3 is 3.00 bits per heavy atom. The fraction of sp³-hybridized carbons (Fsp3) is 0.214. The molecule has 0 aliphatic rings. The normalized spacial score (nSPS) is 13.7. The number of hydrogen-bond donors (Lipinski definition) is 3. The van der Waals surface area contributed by atoms with Crippen molar-refractivity contribution in [1.82, 2.24) is 19.9 Å². The maximum atomic E-state index is 12.0. The third kappa shape index (κ3) is 2.92. The molecule has 22 heavy (non-hydrogen) atoms. The van der Waals surface area contributed by atoms with Gasteiger partial charge in [-0.25, -0.2) is 4.79 Å². The molecule has 8 heteroatoms. The average Bonchev–Trinajstić information content (AvgIpc) is 3.16. The molecule has 0 saturated heterocycles. The second-order valence-electron chi connectivity index (χ2n) is 5.01. The van der Waals surface area contributed by atoms with Crippen LogP contribution < -0.4 is 10.6 Å². The summed E-state index contributed by atoms with van der Waals surface area (Å²) in [6.45, 7) is 1.75. The van der Waals surface area contributed by atoms with Crippen molar-refractivity contribution >= 4 is 29.0 Å². The first-order chi connectivity index (χ1) is 10.6. The zero-order valence-electron chi connectivity index (χ0n) is 11.9. The largest absolute Gasteiger partial charge is 0.383 e. The molecule has 0 bridgehead atoms. The number of carbonyl (C=O) groups is 1. The first kappa shape index (κ1) is 14.5. The Balaban J connectivity index is 1.63. The van der Waals surface area contributed by atoms with Gasteiger partial charge in [-0.2, -0.15) is 0 Å². The topological polar surface area (TPSA) is 91.5 Å². The van der Waals surface area contributed by atoms with Gasteiger partial charge in [-0.15, -0.1) is 21.5 Å². The summed E-state index contributed by atoms with van der Waals surface area (Å²) in [7, 11) is 0. The van der Waals surface area contributed by atoms with Crippen LogP contribution >= 0.6 is 11.3 Å². The summed E-state index contributed by atoms with van der Waals surface area (Å²) >= 11 is 1.44. The molecule has 0 saturated carbocycles. The molecule has 2 amide bonds. The summed E-state index contributed by atoms with van der Waals surface area (Å²) in [4.78, 5) is 12.8. The minimum absolute atomic E-state index is 0.0933. The molecule has 1 atom stereocenters. The van der Waals surface area contributed by atoms with E-state index in [2.05, 4.69) is 20.8 Å². The minimum Gasteiger partial charge on any atom is -0.383 e. The lowest BCUT2D eigenvalue weighted by atomic mass is 10.1. The zero-order valence-corrected chi connectivity index (χ0v) is 12.7. The van der Waals surface area contributed by atoms with Crippen molar-refractivity contribution in [3.8, 4) is 0 Å². The number of hydrogen-bond acceptors (Lipinski definition) is 5. The maximum absolute atomic E-state index is 12.0. The molecule has 3 aromatic rings. The minimum atomic E-state index is -1.11. The zero-order chi connectivity index (χ0) is 15.6. The molecule has 3 N–H and O–H groups in total. The third-order valence-electron chi connectivity index (χ3n) is 3.18. The van der Waals surface area contributed by atoms with Gasteiger partial charge in [-0.05, 0) is 30.5 Å². The fourth-order valence-corrected chi connectivity index (χ4v) is 2.78. The van der Waals surface area contributed by atoms with Crippen LogP contribution in [-0.2, 0) is 5.60 Å². The van der Waals surface area contributed by atoms with Crippen molar-refractivity contribution in [2.24, 2.45) is 0 Å². The van der Waals surface area contributed by atoms with E-state index >= 15 is 0 Å². The number of anilines is 1. The van der Waals surface area contributed by atoms with Gasteiger partial charge in [-0.1, -0.05) is 12.1 Å². The molecule has 0 aliphatic carbocycles. The lowest BCUT2D eigenvalue weighted by Crippen LogP contribution is -2.40. The summed E-state index contributed by atoms with van der Waals surface area (Å²) in [5.41, 5.74) is -0.471. The van der Waals surface area contributed by atoms with Crippen molar-refractivity contribution in [3.63, 3.8) is 0 Å². The Morgan fingerprint density at radius 1 is 1.36 bits per heavy atom. The highest BCUT2D eigenvalue weighted by molar-refractivity contribution is 7.10. The van der Waals surface area contributed by atoms with Gasteiger partial charge in [0, 0.05) is 11.1 Å². The summed E-state index contributed by atoms with van der Waals surface area (Å²) in [6.07, 6.45) is 1.76. The average molecular weight is 317 g/mol. The molecule has 0 aromatic carbocycles. The van der Waals surface area contributed by atoms with Crippen LogP contribution in [0.5, 0.6) is 0 Å². The monoisotopic (exact) mass is 317 g/mol. The van der Waals surface area contributed by atoms with E-state index in [1.54, 1.807) is 23.6 Å². The molecule has 3 heterocycles. The van der Waals surface area contributed by atoms with Gasteiger partial charge in [0.05, 0.1) is 6.54 Å². The Hall–Kier alpha value is -2.45. The number of nitrogens with zero attached hydrogens (tertiary/aromatic N) is 3. The molecule has 0 aliphatic heterocycles. The third-order valence-corrected chi connectivity index (χ3v) is 4.31. The lowest BCUT2D eigenvalue weighted by molar-refractivity contribution is 0.0637. The van der Waals surface area contributed by atoms with Crippen LogP contribution in [0.3, 0.4) is 0 Å². The van der Waals surface area contributed by atoms with Crippen LogP contribution in [0.2, 0.25) is 0 Å². The fourth-order valence-electron chi connectivity index (χ4n) is 2.00. The van der Waals surface area contributed by atoms with Crippen molar-refractivity contribution < 1.29 is 9.90 Å². The second kappa shape index (κ2) is 5.74. The quantitative estimate of drug-likeness (QED) is 0.684. The van der Waals surface area contributed by atoms with E-state index in [9.17, 15) is 9.90 Å². The highest BCUT2D eigenvalue weighted by Gasteiger charge is 2.25. The van der Waals surface area contributed by atoms with Crippen LogP contribution in [0.15, 0.2) is 41.9 Å². The number of aliphatic hydroxyl groups is 1. The van der Waals surface area contributed by atoms with Crippen molar-refractivity contribution in [2.75, 3.05) is 11.9 Å². The van der Waals surface area contributed by atoms with Gasteiger partial charge in [-0.3, -0.25) is 9.72 Å². The van der Waals surface area contributed by atoms with Crippen LogP contribution in [-0.4, -0.2) is 32.3 Å². The van der Waals surface area contributed by atoms with E-state index in [1.165, 1.54) is 11.3 Å². The van der Waals surface area contributed by atoms with Crippen LogP contribution in [0.4, 0.5) is 10.7 Å². The number of nitrogens with one attached hydrogen (secondary N) is 2. The van der Waals surface area contributed by atoms with E-state index in [4.69, 9.17) is 0 Å². The van der Waals surface area contributed by atoms with Gasteiger partial charge in [0.15, 0.2) is 5.65 Å². The predicted molar refractivity (Wildman–Crippen MR) is 83.9 cm³/mol. The summed E-state index contributed by atoms with van der Waals surface area (Å²) in [6, 6.07) is 8.69. The van der Waals surface area contributed by atoms with Crippen molar-refractivity contribution in [1.29, 1.82) is 0 Å². The molecular weight excluding hydrogens is 302 g/mol. The lowest BCUT2D eigenvalue weighted by Gasteiger charge is -2.22. The number of carbonyl (C=O) groups excluding carboxylic acids is 1. The van der Waals surface area contributed by atoms with Gasteiger partial charge in [0.2, 0.25) is 5.95 Å². The van der Waals surface area contributed by atoms with Gasteiger partial charge >= 0.3 is 6.03 Å². The Labute approximate surface area is 130 Å². The van der Waals surface area contributed by atoms with Gasteiger partial charge < -0.3 is 10.4 Å².